The van der Waals surface area contributed by atoms with Gasteiger partial charge in [-0.25, -0.2) is 14.4 Å². The summed E-state index contributed by atoms with van der Waals surface area (Å²) in [7, 11) is 0. The summed E-state index contributed by atoms with van der Waals surface area (Å²) in [6, 6.07) is 4.14. The van der Waals surface area contributed by atoms with Crippen molar-refractivity contribution in [3.63, 3.8) is 0 Å². The predicted octanol–water partition coefficient (Wildman–Crippen LogP) is 1.86. The monoisotopic (exact) mass is 259 g/mol. The second-order valence-electron chi connectivity index (χ2n) is 3.75. The number of pyridine rings is 1. The lowest BCUT2D eigenvalue weighted by molar-refractivity contribution is 0.0907. The smallest absolute Gasteiger partial charge is 0.200 e. The van der Waals surface area contributed by atoms with E-state index < -0.39 is 11.6 Å². The van der Waals surface area contributed by atoms with Crippen LogP contribution in [0.2, 0.25) is 0 Å². The zero-order valence-corrected chi connectivity index (χ0v) is 9.91. The van der Waals surface area contributed by atoms with E-state index in [4.69, 9.17) is 0 Å². The third-order valence-corrected chi connectivity index (χ3v) is 2.42. The first kappa shape index (κ1) is 12.9. The Balaban J connectivity index is 1.98. The summed E-state index contributed by atoms with van der Waals surface area (Å²) in [5, 5.41) is 0. The van der Waals surface area contributed by atoms with E-state index in [0.29, 0.717) is 0 Å². The van der Waals surface area contributed by atoms with Crippen LogP contribution in [-0.2, 0) is 0 Å². The molecule has 0 radical (unpaired) electrons. The van der Waals surface area contributed by atoms with Gasteiger partial charge in [0.05, 0.1) is 0 Å². The van der Waals surface area contributed by atoms with Gasteiger partial charge in [-0.1, -0.05) is 0 Å². The van der Waals surface area contributed by atoms with Gasteiger partial charge in [0.25, 0.3) is 0 Å². The third kappa shape index (κ3) is 3.25. The maximum Gasteiger partial charge on any atom is 0.200 e. The van der Waals surface area contributed by atoms with Gasteiger partial charge in [-0.05, 0) is 18.2 Å². The number of carbonyl (C=O) groups excluding carboxylic acids is 2. The first-order chi connectivity index (χ1) is 9.18. The quantitative estimate of drug-likeness (QED) is 0.766. The van der Waals surface area contributed by atoms with Crippen molar-refractivity contribution in [1.82, 2.24) is 15.0 Å². The van der Waals surface area contributed by atoms with E-state index in [1.165, 1.54) is 24.7 Å². The van der Waals surface area contributed by atoms with Crippen LogP contribution in [0.25, 0.3) is 0 Å². The van der Waals surface area contributed by atoms with Gasteiger partial charge in [0, 0.05) is 31.4 Å². The van der Waals surface area contributed by atoms with Gasteiger partial charge in [-0.15, -0.1) is 0 Å². The van der Waals surface area contributed by atoms with Crippen molar-refractivity contribution < 1.29 is 14.0 Å². The summed E-state index contributed by atoms with van der Waals surface area (Å²) < 4.78 is 13.3. The number of Topliss-reactive ketones (excluding diaryl/α,β-unsaturated/α-hetero) is 2. The molecule has 0 aromatic carbocycles. The Hall–Kier alpha value is -2.50. The van der Waals surface area contributed by atoms with Crippen molar-refractivity contribution in [1.29, 1.82) is 0 Å². The SMILES string of the molecule is O=C(CCC(=O)c1ncccc1F)c1ncccn1. The van der Waals surface area contributed by atoms with Crippen LogP contribution in [0.3, 0.4) is 0 Å². The second kappa shape index (κ2) is 5.90. The summed E-state index contributed by atoms with van der Waals surface area (Å²) >= 11 is 0. The van der Waals surface area contributed by atoms with E-state index in [9.17, 15) is 14.0 Å². The molecule has 5 nitrogen and oxygen atoms in total. The van der Waals surface area contributed by atoms with Gasteiger partial charge >= 0.3 is 0 Å². The van der Waals surface area contributed by atoms with Crippen molar-refractivity contribution in [3.05, 3.63) is 54.1 Å². The van der Waals surface area contributed by atoms with Crippen LogP contribution in [0, 0.1) is 5.82 Å². The molecule has 0 atom stereocenters. The Morgan fingerprint density at radius 1 is 0.947 bits per heavy atom. The molecule has 0 spiro atoms. The van der Waals surface area contributed by atoms with E-state index >= 15 is 0 Å². The fourth-order valence-electron chi connectivity index (χ4n) is 1.49. The molecule has 0 amide bonds. The number of carbonyl (C=O) groups is 2. The standard InChI is InChI=1S/C13H10FN3O2/c14-9-3-1-6-15-12(9)10(18)4-5-11(19)13-16-7-2-8-17-13/h1-3,6-8H,4-5H2. The minimum atomic E-state index is -0.684. The van der Waals surface area contributed by atoms with Crippen LogP contribution in [-0.4, -0.2) is 26.5 Å². The fourth-order valence-corrected chi connectivity index (χ4v) is 1.49. The number of ketones is 2. The molecule has 0 N–H and O–H groups in total. The summed E-state index contributed by atoms with van der Waals surface area (Å²) in [5.41, 5.74) is -0.246. The van der Waals surface area contributed by atoms with Crippen LogP contribution in [0.4, 0.5) is 4.39 Å². The molecule has 2 heterocycles. The summed E-state index contributed by atoms with van der Waals surface area (Å²) in [6.07, 6.45) is 4.03. The molecular formula is C13H10FN3O2. The lowest BCUT2D eigenvalue weighted by Gasteiger charge is -2.00. The molecule has 0 saturated heterocycles. The molecule has 0 bridgehead atoms. The Bertz CT molecular complexity index is 602. The molecule has 0 fully saturated rings. The average molecular weight is 259 g/mol. The Labute approximate surface area is 108 Å². The van der Waals surface area contributed by atoms with Gasteiger partial charge in [0.15, 0.2) is 23.2 Å². The topological polar surface area (TPSA) is 72.8 Å². The van der Waals surface area contributed by atoms with Crippen LogP contribution < -0.4 is 0 Å². The van der Waals surface area contributed by atoms with E-state index in [1.54, 1.807) is 6.07 Å². The van der Waals surface area contributed by atoms with Gasteiger partial charge in [0.2, 0.25) is 0 Å². The first-order valence-corrected chi connectivity index (χ1v) is 5.62. The van der Waals surface area contributed by atoms with E-state index in [-0.39, 0.29) is 30.1 Å². The molecule has 96 valence electrons. The molecule has 0 aliphatic heterocycles. The molecular weight excluding hydrogens is 249 g/mol. The molecule has 0 aliphatic rings. The molecule has 0 saturated carbocycles. The number of nitrogens with zero attached hydrogens (tertiary/aromatic N) is 3. The van der Waals surface area contributed by atoms with Gasteiger partial charge in [0.1, 0.15) is 5.69 Å². The molecule has 2 rings (SSSR count). The maximum absolute atomic E-state index is 13.3. The normalized spacial score (nSPS) is 10.2. The van der Waals surface area contributed by atoms with E-state index in [2.05, 4.69) is 15.0 Å². The van der Waals surface area contributed by atoms with Gasteiger partial charge < -0.3 is 0 Å². The molecule has 2 aromatic heterocycles. The zero-order chi connectivity index (χ0) is 13.7. The highest BCUT2D eigenvalue weighted by Gasteiger charge is 2.16. The summed E-state index contributed by atoms with van der Waals surface area (Å²) in [4.78, 5) is 34.6. The third-order valence-electron chi connectivity index (χ3n) is 2.42. The molecule has 2 aromatic rings. The van der Waals surface area contributed by atoms with Crippen LogP contribution in [0.1, 0.15) is 33.9 Å². The van der Waals surface area contributed by atoms with Crippen molar-refractivity contribution in [2.24, 2.45) is 0 Å². The number of rotatable bonds is 5. The van der Waals surface area contributed by atoms with Crippen molar-refractivity contribution >= 4 is 11.6 Å². The van der Waals surface area contributed by atoms with Crippen LogP contribution in [0.15, 0.2) is 36.8 Å². The Morgan fingerprint density at radius 3 is 2.26 bits per heavy atom. The Morgan fingerprint density at radius 2 is 1.58 bits per heavy atom. The van der Waals surface area contributed by atoms with Crippen molar-refractivity contribution in [2.75, 3.05) is 0 Å². The zero-order valence-electron chi connectivity index (χ0n) is 9.91. The molecule has 0 aliphatic carbocycles. The van der Waals surface area contributed by atoms with E-state index in [0.717, 1.165) is 6.07 Å². The highest BCUT2D eigenvalue weighted by molar-refractivity contribution is 5.99. The largest absolute Gasteiger partial charge is 0.292 e. The van der Waals surface area contributed by atoms with Gasteiger partial charge in [-0.2, -0.15) is 0 Å². The lowest BCUT2D eigenvalue weighted by atomic mass is 10.1. The van der Waals surface area contributed by atoms with E-state index in [1.807, 2.05) is 0 Å². The first-order valence-electron chi connectivity index (χ1n) is 5.62. The molecule has 0 unspecified atom stereocenters. The Kier molecular flexibility index (Phi) is 4.02. The number of aromatic nitrogens is 3. The minimum absolute atomic E-state index is 0.0526. The average Bonchev–Trinajstić information content (AvgIpc) is 2.46. The van der Waals surface area contributed by atoms with Crippen LogP contribution in [0.5, 0.6) is 0 Å². The van der Waals surface area contributed by atoms with Crippen molar-refractivity contribution in [3.8, 4) is 0 Å². The predicted molar refractivity (Wildman–Crippen MR) is 64.1 cm³/mol. The summed E-state index contributed by atoms with van der Waals surface area (Å²) in [5.74, 6) is -1.50. The summed E-state index contributed by atoms with van der Waals surface area (Å²) in [6.45, 7) is 0. The highest BCUT2D eigenvalue weighted by Crippen LogP contribution is 2.08. The minimum Gasteiger partial charge on any atom is -0.292 e. The molecule has 19 heavy (non-hydrogen) atoms. The number of hydrogen-bond acceptors (Lipinski definition) is 5. The lowest BCUT2D eigenvalue weighted by Crippen LogP contribution is -2.10. The van der Waals surface area contributed by atoms with Crippen molar-refractivity contribution in [2.45, 2.75) is 12.8 Å². The number of hydrogen-bond donors (Lipinski definition) is 0. The van der Waals surface area contributed by atoms with Gasteiger partial charge in [-0.3, -0.25) is 14.6 Å². The number of halogens is 1. The van der Waals surface area contributed by atoms with Crippen LogP contribution >= 0.6 is 0 Å². The maximum atomic E-state index is 13.3. The highest BCUT2D eigenvalue weighted by atomic mass is 19.1. The molecule has 6 heteroatoms. The fraction of sp³-hybridized carbons (Fsp3) is 0.154. The second-order valence-corrected chi connectivity index (χ2v) is 3.75.